The zero-order valence-electron chi connectivity index (χ0n) is 24.7. The second-order valence-electron chi connectivity index (χ2n) is 13.1. The summed E-state index contributed by atoms with van der Waals surface area (Å²) >= 11 is 1.57. The zero-order valence-corrected chi connectivity index (χ0v) is 25.5. The fourth-order valence-corrected chi connectivity index (χ4v) is 9.01. The number of aryl methyl sites for hydroxylation is 2. The molecule has 4 aliphatic rings. The summed E-state index contributed by atoms with van der Waals surface area (Å²) in [6, 6.07) is 2.07. The second kappa shape index (κ2) is 10.2. The van der Waals surface area contributed by atoms with Gasteiger partial charge in [-0.1, -0.05) is 0 Å². The van der Waals surface area contributed by atoms with E-state index in [4.69, 9.17) is 0 Å². The van der Waals surface area contributed by atoms with Crippen LogP contribution in [-0.2, 0) is 23.2 Å². The van der Waals surface area contributed by atoms with Crippen molar-refractivity contribution < 1.29 is 18.4 Å². The van der Waals surface area contributed by atoms with Crippen molar-refractivity contribution in [2.75, 3.05) is 32.5 Å². The van der Waals surface area contributed by atoms with Gasteiger partial charge in [-0.3, -0.25) is 19.0 Å². The fraction of sp³-hybridized carbons (Fsp3) is 0.581. The summed E-state index contributed by atoms with van der Waals surface area (Å²) < 4.78 is 29.7. The van der Waals surface area contributed by atoms with E-state index in [0.717, 1.165) is 46.6 Å². The van der Waals surface area contributed by atoms with Gasteiger partial charge in [0.25, 0.3) is 5.56 Å². The lowest BCUT2D eigenvalue weighted by Gasteiger charge is -2.38. The molecule has 1 N–H and O–H groups in total. The minimum absolute atomic E-state index is 0.0635. The molecule has 43 heavy (non-hydrogen) atoms. The largest absolute Gasteiger partial charge is 0.341 e. The van der Waals surface area contributed by atoms with Crippen LogP contribution in [0.25, 0.3) is 10.2 Å². The third-order valence-electron chi connectivity index (χ3n) is 10.2. The molecule has 0 bridgehead atoms. The predicted octanol–water partition coefficient (Wildman–Crippen LogP) is 4.66. The second-order valence-corrected chi connectivity index (χ2v) is 14.2. The van der Waals surface area contributed by atoms with Crippen LogP contribution in [0, 0.1) is 12.8 Å². The van der Waals surface area contributed by atoms with Crippen LogP contribution in [0.1, 0.15) is 71.4 Å². The van der Waals surface area contributed by atoms with Crippen LogP contribution in [0.2, 0.25) is 0 Å². The van der Waals surface area contributed by atoms with Gasteiger partial charge in [0, 0.05) is 49.2 Å². The Hall–Kier alpha value is -3.25. The molecule has 0 radical (unpaired) electrons. The Balaban J connectivity index is 1.19. The molecule has 2 aliphatic carbocycles. The van der Waals surface area contributed by atoms with E-state index >= 15 is 0 Å². The maximum Gasteiger partial charge on any atom is 0.275 e. The maximum absolute atomic E-state index is 14.1. The van der Waals surface area contributed by atoms with E-state index in [9.17, 15) is 23.2 Å². The molecule has 2 aliphatic heterocycles. The first kappa shape index (κ1) is 28.5. The summed E-state index contributed by atoms with van der Waals surface area (Å²) in [6.07, 6.45) is 4.15. The van der Waals surface area contributed by atoms with Crippen molar-refractivity contribution in [2.45, 2.75) is 82.2 Å². The molecule has 3 aromatic heterocycles. The van der Waals surface area contributed by atoms with Gasteiger partial charge in [-0.25, -0.2) is 18.7 Å². The first-order valence-corrected chi connectivity index (χ1v) is 15.9. The minimum Gasteiger partial charge on any atom is -0.341 e. The van der Waals surface area contributed by atoms with Crippen LogP contribution in [0.15, 0.2) is 17.2 Å². The number of aromatic nitrogens is 3. The lowest BCUT2D eigenvalue weighted by Crippen LogP contribution is -2.44. The Morgan fingerprint density at radius 1 is 1.14 bits per heavy atom. The van der Waals surface area contributed by atoms with Gasteiger partial charge in [-0.05, 0) is 76.7 Å². The summed E-state index contributed by atoms with van der Waals surface area (Å²) in [5, 5.41) is 4.11. The smallest absolute Gasteiger partial charge is 0.275 e. The molecule has 0 unspecified atom stereocenters. The molecule has 1 saturated carbocycles. The first-order chi connectivity index (χ1) is 20.5. The number of amides is 1. The maximum atomic E-state index is 14.1. The van der Waals surface area contributed by atoms with Crippen molar-refractivity contribution in [3.05, 3.63) is 44.4 Å². The van der Waals surface area contributed by atoms with Crippen molar-refractivity contribution in [1.82, 2.24) is 24.3 Å². The van der Waals surface area contributed by atoms with E-state index in [2.05, 4.69) is 34.3 Å². The highest BCUT2D eigenvalue weighted by atomic mass is 32.1. The Labute approximate surface area is 252 Å². The quantitative estimate of drug-likeness (QED) is 0.459. The molecule has 5 heterocycles. The highest BCUT2D eigenvalue weighted by Crippen LogP contribution is 2.48. The van der Waals surface area contributed by atoms with Crippen LogP contribution < -0.4 is 10.9 Å². The third kappa shape index (κ3) is 4.68. The molecule has 2 fully saturated rings. The molecule has 12 heteroatoms. The van der Waals surface area contributed by atoms with Crippen molar-refractivity contribution in [1.29, 1.82) is 0 Å². The Kier molecular flexibility index (Phi) is 6.73. The summed E-state index contributed by atoms with van der Waals surface area (Å²) in [5.74, 6) is -2.28. The van der Waals surface area contributed by atoms with Gasteiger partial charge in [0.2, 0.25) is 11.8 Å². The molecule has 3 aromatic rings. The van der Waals surface area contributed by atoms with Crippen molar-refractivity contribution in [3.63, 3.8) is 0 Å². The Morgan fingerprint density at radius 3 is 2.63 bits per heavy atom. The number of alkyl halides is 2. The van der Waals surface area contributed by atoms with Gasteiger partial charge in [0.15, 0.2) is 5.78 Å². The molecule has 9 nitrogen and oxygen atoms in total. The number of Topliss-reactive ketones (excluding diaryl/α,β-unsaturated/α-hetero) is 1. The van der Waals surface area contributed by atoms with Gasteiger partial charge in [0.1, 0.15) is 22.7 Å². The normalized spacial score (nSPS) is 24.1. The number of fused-ring (bicyclic) bond motifs is 5. The third-order valence-corrected chi connectivity index (χ3v) is 11.3. The van der Waals surface area contributed by atoms with Crippen LogP contribution in [0.5, 0.6) is 0 Å². The molecule has 2 atom stereocenters. The molecule has 7 rings (SSSR count). The first-order valence-electron chi connectivity index (χ1n) is 15.1. The van der Waals surface area contributed by atoms with Gasteiger partial charge < -0.3 is 15.1 Å². The van der Waals surface area contributed by atoms with Crippen LogP contribution in [0.4, 0.5) is 20.3 Å². The van der Waals surface area contributed by atoms with Crippen LogP contribution in [0.3, 0.4) is 0 Å². The lowest BCUT2D eigenvalue weighted by molar-refractivity contribution is -0.134. The molecule has 228 valence electrons. The number of carbonyl (C=O) groups is 2. The summed E-state index contributed by atoms with van der Waals surface area (Å²) in [5.41, 5.74) is 1.03. The number of pyridine rings is 1. The standard InChI is InChI=1S/C31H36F2N6O3S/c1-17-12-21(29(42)39-25(17)22(40)14-30(39)7-9-31(32,33)10-8-30)36-26-24-20-5-4-18(13-23(20)43-27(24)35-16-34-26)28(41)38-11-6-19(15-38)37(2)3/h12,16,18-19H,4-11,13-15H2,1-3H3,(H,34,35,36)/t18-,19-/m0/s1. The van der Waals surface area contributed by atoms with E-state index in [0.29, 0.717) is 36.0 Å². The number of halogens is 2. The monoisotopic (exact) mass is 610 g/mol. The number of ketones is 1. The number of likely N-dealkylation sites (N-methyl/N-ethyl adjacent to an activating group) is 1. The Morgan fingerprint density at radius 2 is 1.91 bits per heavy atom. The summed E-state index contributed by atoms with van der Waals surface area (Å²) in [7, 11) is 4.12. The minimum atomic E-state index is -2.77. The Bertz CT molecular complexity index is 1710. The molecular weight excluding hydrogens is 574 g/mol. The highest BCUT2D eigenvalue weighted by molar-refractivity contribution is 7.19. The molecule has 1 spiro atoms. The number of rotatable bonds is 4. The van der Waals surface area contributed by atoms with Gasteiger partial charge in [-0.15, -0.1) is 11.3 Å². The number of likely N-dealkylation sites (tertiary alicyclic amines) is 1. The van der Waals surface area contributed by atoms with E-state index < -0.39 is 11.5 Å². The highest BCUT2D eigenvalue weighted by Gasteiger charge is 2.51. The predicted molar refractivity (Wildman–Crippen MR) is 161 cm³/mol. The van der Waals surface area contributed by atoms with Gasteiger partial charge in [-0.2, -0.15) is 0 Å². The SMILES string of the molecule is Cc1cc(Nc2ncnc3sc4c(c23)CC[C@H](C(=O)N2CC[C@H](N(C)C)C2)C4)c(=O)n2c1C(=O)CC21CCC(F)(F)CC1. The van der Waals surface area contributed by atoms with Gasteiger partial charge >= 0.3 is 0 Å². The summed E-state index contributed by atoms with van der Waals surface area (Å²) in [6.45, 7) is 3.35. The van der Waals surface area contributed by atoms with E-state index in [-0.39, 0.29) is 61.0 Å². The van der Waals surface area contributed by atoms with Crippen molar-refractivity contribution >= 4 is 44.7 Å². The van der Waals surface area contributed by atoms with E-state index in [1.807, 2.05) is 4.90 Å². The zero-order chi connectivity index (χ0) is 30.3. The number of hydrogen-bond donors (Lipinski definition) is 1. The number of thiophene rings is 1. The van der Waals surface area contributed by atoms with Crippen LogP contribution in [-0.4, -0.2) is 75.2 Å². The number of nitrogens with one attached hydrogen (secondary N) is 1. The van der Waals surface area contributed by atoms with Crippen LogP contribution >= 0.6 is 11.3 Å². The van der Waals surface area contributed by atoms with E-state index in [1.54, 1.807) is 24.3 Å². The molecular formula is C31H36F2N6O3S. The lowest BCUT2D eigenvalue weighted by atomic mass is 9.78. The number of carbonyl (C=O) groups excluding carboxylic acids is 2. The number of nitrogens with zero attached hydrogens (tertiary/aromatic N) is 5. The number of anilines is 2. The van der Waals surface area contributed by atoms with E-state index in [1.165, 1.54) is 10.9 Å². The van der Waals surface area contributed by atoms with Gasteiger partial charge in [0.05, 0.1) is 16.6 Å². The number of hydrogen-bond acceptors (Lipinski definition) is 8. The molecule has 1 saturated heterocycles. The van der Waals surface area contributed by atoms with Crippen molar-refractivity contribution in [3.8, 4) is 0 Å². The molecule has 1 amide bonds. The summed E-state index contributed by atoms with van der Waals surface area (Å²) in [4.78, 5) is 55.6. The van der Waals surface area contributed by atoms with Crippen molar-refractivity contribution in [2.24, 2.45) is 5.92 Å². The average molecular weight is 611 g/mol. The fourth-order valence-electron chi connectivity index (χ4n) is 7.74. The topological polar surface area (TPSA) is 100 Å². The molecule has 0 aromatic carbocycles. The average Bonchev–Trinajstić information content (AvgIpc) is 3.68.